The summed E-state index contributed by atoms with van der Waals surface area (Å²) in [5.41, 5.74) is 0.591. The Morgan fingerprint density at radius 3 is 2.50 bits per heavy atom. The van der Waals surface area contributed by atoms with E-state index in [1.54, 1.807) is 26.0 Å². The molecule has 1 aromatic rings. The maximum atomic E-state index is 12.6. The number of hydrogen-bond acceptors (Lipinski definition) is 4. The zero-order chi connectivity index (χ0) is 16.3. The van der Waals surface area contributed by atoms with E-state index >= 15 is 0 Å². The molecule has 1 aliphatic heterocycles. The normalized spacial score (nSPS) is 20.1. The molecular weight excluding hydrogens is 304 g/mol. The summed E-state index contributed by atoms with van der Waals surface area (Å²) < 4.78 is 31.9. The van der Waals surface area contributed by atoms with E-state index in [2.05, 4.69) is 5.32 Å². The minimum Gasteiger partial charge on any atom is -0.376 e. The second-order valence-electron chi connectivity index (χ2n) is 5.71. The van der Waals surface area contributed by atoms with Gasteiger partial charge >= 0.3 is 0 Å². The monoisotopic (exact) mass is 326 g/mol. The number of hydrogen-bond donors (Lipinski definition) is 1. The molecule has 0 spiro atoms. The number of rotatable bonds is 4. The molecule has 0 radical (unpaired) electrons. The lowest BCUT2D eigenvalue weighted by Crippen LogP contribution is -2.44. The predicted octanol–water partition coefficient (Wildman–Crippen LogP) is 1.69. The number of morpholine rings is 1. The van der Waals surface area contributed by atoms with Gasteiger partial charge in [0.1, 0.15) is 0 Å². The molecule has 122 valence electrons. The van der Waals surface area contributed by atoms with E-state index in [1.807, 2.05) is 6.92 Å². The van der Waals surface area contributed by atoms with Crippen LogP contribution in [0.15, 0.2) is 29.2 Å². The van der Waals surface area contributed by atoms with Gasteiger partial charge in [0.05, 0.1) is 17.6 Å². The van der Waals surface area contributed by atoms with Crippen molar-refractivity contribution in [2.45, 2.75) is 31.8 Å². The average Bonchev–Trinajstić information content (AvgIpc) is 2.47. The average molecular weight is 326 g/mol. The van der Waals surface area contributed by atoms with E-state index in [-0.39, 0.29) is 22.8 Å². The third-order valence-corrected chi connectivity index (χ3v) is 5.37. The Labute approximate surface area is 131 Å². The van der Waals surface area contributed by atoms with Crippen LogP contribution in [0.2, 0.25) is 0 Å². The Morgan fingerprint density at radius 1 is 1.32 bits per heavy atom. The van der Waals surface area contributed by atoms with Crippen LogP contribution in [0.25, 0.3) is 0 Å². The Morgan fingerprint density at radius 2 is 1.95 bits per heavy atom. The van der Waals surface area contributed by atoms with E-state index in [0.717, 1.165) is 0 Å². The Hall–Kier alpha value is -1.44. The van der Waals surface area contributed by atoms with Gasteiger partial charge in [0, 0.05) is 24.7 Å². The predicted molar refractivity (Wildman–Crippen MR) is 84.1 cm³/mol. The summed E-state index contributed by atoms with van der Waals surface area (Å²) in [6.45, 7) is 6.57. The van der Waals surface area contributed by atoms with Crippen LogP contribution < -0.4 is 5.32 Å². The van der Waals surface area contributed by atoms with Crippen LogP contribution in [-0.4, -0.2) is 44.4 Å². The van der Waals surface area contributed by atoms with Crippen LogP contribution in [0.3, 0.4) is 0 Å². The Balaban J connectivity index is 2.13. The number of sulfonamides is 1. The molecule has 2 rings (SSSR count). The number of nitrogens with zero attached hydrogens (tertiary/aromatic N) is 1. The number of amides is 1. The van der Waals surface area contributed by atoms with Gasteiger partial charge in [-0.25, -0.2) is 8.42 Å². The molecule has 22 heavy (non-hydrogen) atoms. The fourth-order valence-electron chi connectivity index (χ4n) is 2.15. The van der Waals surface area contributed by atoms with Crippen LogP contribution in [0.4, 0.5) is 5.69 Å². The summed E-state index contributed by atoms with van der Waals surface area (Å²) in [6, 6.07) is 6.25. The number of anilines is 1. The zero-order valence-corrected chi connectivity index (χ0v) is 13.9. The lowest BCUT2D eigenvalue weighted by atomic mass is 10.2. The van der Waals surface area contributed by atoms with Crippen LogP contribution in [-0.2, 0) is 19.6 Å². The molecular formula is C15H22N2O4S. The molecule has 0 aliphatic carbocycles. The molecule has 1 fully saturated rings. The number of benzene rings is 1. The molecule has 6 nitrogen and oxygen atoms in total. The van der Waals surface area contributed by atoms with Gasteiger partial charge in [-0.3, -0.25) is 4.79 Å². The minimum atomic E-state index is -3.52. The van der Waals surface area contributed by atoms with Crippen LogP contribution in [0.1, 0.15) is 20.8 Å². The molecule has 7 heteroatoms. The number of ether oxygens (including phenoxy) is 1. The number of carbonyl (C=O) groups excluding carboxylic acids is 1. The van der Waals surface area contributed by atoms with Gasteiger partial charge in [-0.2, -0.15) is 4.31 Å². The number of nitrogens with one attached hydrogen (secondary N) is 1. The molecule has 0 saturated carbocycles. The van der Waals surface area contributed by atoms with Gasteiger partial charge < -0.3 is 10.1 Å². The third-order valence-electron chi connectivity index (χ3n) is 3.49. The number of carbonyl (C=O) groups is 1. The van der Waals surface area contributed by atoms with E-state index in [4.69, 9.17) is 4.74 Å². The first-order chi connectivity index (χ1) is 10.3. The SMILES string of the molecule is CC1CN(S(=O)(=O)c2ccc(NC(=O)C(C)C)cc2)CCO1. The van der Waals surface area contributed by atoms with E-state index in [9.17, 15) is 13.2 Å². The van der Waals surface area contributed by atoms with Crippen LogP contribution in [0.5, 0.6) is 0 Å². The summed E-state index contributed by atoms with van der Waals surface area (Å²) in [7, 11) is -3.52. The fraction of sp³-hybridized carbons (Fsp3) is 0.533. The highest BCUT2D eigenvalue weighted by atomic mass is 32.2. The fourth-order valence-corrected chi connectivity index (χ4v) is 3.65. The molecule has 1 saturated heterocycles. The van der Waals surface area contributed by atoms with Crippen molar-refractivity contribution in [3.05, 3.63) is 24.3 Å². The van der Waals surface area contributed by atoms with Gasteiger partial charge in [0.2, 0.25) is 15.9 Å². The molecule has 1 atom stereocenters. The Bertz CT molecular complexity index is 625. The summed E-state index contributed by atoms with van der Waals surface area (Å²) in [6.07, 6.45) is -0.104. The second-order valence-corrected chi connectivity index (χ2v) is 7.65. The quantitative estimate of drug-likeness (QED) is 0.913. The van der Waals surface area contributed by atoms with Crippen molar-refractivity contribution in [3.63, 3.8) is 0 Å². The van der Waals surface area contributed by atoms with Gasteiger partial charge in [0.25, 0.3) is 0 Å². The van der Waals surface area contributed by atoms with E-state index in [0.29, 0.717) is 25.4 Å². The first-order valence-electron chi connectivity index (χ1n) is 7.33. The smallest absolute Gasteiger partial charge is 0.243 e. The van der Waals surface area contributed by atoms with Crippen molar-refractivity contribution in [1.29, 1.82) is 0 Å². The molecule has 1 heterocycles. The van der Waals surface area contributed by atoms with Crippen molar-refractivity contribution in [2.24, 2.45) is 5.92 Å². The van der Waals surface area contributed by atoms with Crippen molar-refractivity contribution >= 4 is 21.6 Å². The summed E-state index contributed by atoms with van der Waals surface area (Å²) >= 11 is 0. The molecule has 1 unspecified atom stereocenters. The standard InChI is InChI=1S/C15H22N2O4S/c1-11(2)15(18)16-13-4-6-14(7-5-13)22(19,20)17-8-9-21-12(3)10-17/h4-7,11-12H,8-10H2,1-3H3,(H,16,18). The van der Waals surface area contributed by atoms with Crippen molar-refractivity contribution in [3.8, 4) is 0 Å². The van der Waals surface area contributed by atoms with Gasteiger partial charge in [-0.05, 0) is 31.2 Å². The topological polar surface area (TPSA) is 75.7 Å². The van der Waals surface area contributed by atoms with Gasteiger partial charge in [-0.1, -0.05) is 13.8 Å². The van der Waals surface area contributed by atoms with Gasteiger partial charge in [0.15, 0.2) is 0 Å². The lowest BCUT2D eigenvalue weighted by molar-refractivity contribution is -0.118. The third kappa shape index (κ3) is 3.85. The summed E-state index contributed by atoms with van der Waals surface area (Å²) in [5.74, 6) is -0.226. The summed E-state index contributed by atoms with van der Waals surface area (Å²) in [4.78, 5) is 11.9. The van der Waals surface area contributed by atoms with Crippen LogP contribution in [0, 0.1) is 5.92 Å². The molecule has 1 aliphatic rings. The Kier molecular flexibility index (Phi) is 5.20. The molecule has 1 N–H and O–H groups in total. The molecule has 0 bridgehead atoms. The highest BCUT2D eigenvalue weighted by molar-refractivity contribution is 7.89. The minimum absolute atomic E-state index is 0.0994. The van der Waals surface area contributed by atoms with Crippen molar-refractivity contribution in [2.75, 3.05) is 25.0 Å². The maximum absolute atomic E-state index is 12.6. The van der Waals surface area contributed by atoms with E-state index < -0.39 is 10.0 Å². The van der Waals surface area contributed by atoms with E-state index in [1.165, 1.54) is 16.4 Å². The first-order valence-corrected chi connectivity index (χ1v) is 8.77. The summed E-state index contributed by atoms with van der Waals surface area (Å²) in [5, 5.41) is 2.74. The lowest BCUT2D eigenvalue weighted by Gasteiger charge is -2.30. The molecule has 1 amide bonds. The molecule has 0 aromatic heterocycles. The highest BCUT2D eigenvalue weighted by Crippen LogP contribution is 2.21. The van der Waals surface area contributed by atoms with Crippen molar-refractivity contribution in [1.82, 2.24) is 4.31 Å². The first kappa shape index (κ1) is 16.9. The van der Waals surface area contributed by atoms with Crippen LogP contribution >= 0.6 is 0 Å². The van der Waals surface area contributed by atoms with Crippen molar-refractivity contribution < 1.29 is 17.9 Å². The molecule has 1 aromatic carbocycles. The maximum Gasteiger partial charge on any atom is 0.243 e. The second kappa shape index (κ2) is 6.76. The zero-order valence-electron chi connectivity index (χ0n) is 13.1. The van der Waals surface area contributed by atoms with Gasteiger partial charge in [-0.15, -0.1) is 0 Å². The highest BCUT2D eigenvalue weighted by Gasteiger charge is 2.29. The largest absolute Gasteiger partial charge is 0.376 e.